The van der Waals surface area contributed by atoms with Gasteiger partial charge in [-0.2, -0.15) is 0 Å². The van der Waals surface area contributed by atoms with Crippen LogP contribution >= 0.6 is 0 Å². The zero-order valence-electron chi connectivity index (χ0n) is 16.3. The molecular formula is C21H29N5O. The maximum absolute atomic E-state index is 5.59. The highest BCUT2D eigenvalue weighted by Crippen LogP contribution is 2.21. The van der Waals surface area contributed by atoms with Crippen LogP contribution in [0, 0.1) is 0 Å². The molecule has 0 bridgehead atoms. The quantitative estimate of drug-likeness (QED) is 0.825. The smallest absolute Gasteiger partial charge is 0.225 e. The number of ether oxygens (including phenoxy) is 1. The van der Waals surface area contributed by atoms with Gasteiger partial charge in [-0.05, 0) is 25.1 Å². The van der Waals surface area contributed by atoms with Crippen molar-refractivity contribution in [1.82, 2.24) is 19.8 Å². The number of morpholine rings is 1. The largest absolute Gasteiger partial charge is 0.375 e. The van der Waals surface area contributed by atoms with Crippen LogP contribution in [0.15, 0.2) is 36.7 Å². The molecule has 4 rings (SSSR count). The number of nitrogens with zero attached hydrogens (tertiary/aromatic N) is 5. The van der Waals surface area contributed by atoms with Crippen molar-refractivity contribution in [2.75, 3.05) is 57.8 Å². The lowest BCUT2D eigenvalue weighted by molar-refractivity contribution is 0.0526. The summed E-state index contributed by atoms with van der Waals surface area (Å²) in [6.07, 6.45) is 4.09. The summed E-state index contributed by atoms with van der Waals surface area (Å²) in [4.78, 5) is 16.3. The summed E-state index contributed by atoms with van der Waals surface area (Å²) in [5.41, 5.74) is 3.59. The predicted octanol–water partition coefficient (Wildman–Crippen LogP) is 2.12. The molecule has 1 unspecified atom stereocenters. The topological polar surface area (TPSA) is 44.7 Å². The zero-order valence-corrected chi connectivity index (χ0v) is 16.3. The first kappa shape index (κ1) is 18.3. The molecule has 1 atom stereocenters. The minimum absolute atomic E-state index is 0.231. The SMILES string of the molecule is CC1CN(c2ncc(-c3ccc(CN4CCN(C)CC4)cc3)cn2)CCO1. The highest BCUT2D eigenvalue weighted by molar-refractivity contribution is 5.62. The fraction of sp³-hybridized carbons (Fsp3) is 0.524. The summed E-state index contributed by atoms with van der Waals surface area (Å²) in [5, 5.41) is 0. The van der Waals surface area contributed by atoms with Gasteiger partial charge >= 0.3 is 0 Å². The molecule has 6 heteroatoms. The molecule has 0 aliphatic carbocycles. The average Bonchev–Trinajstić information content (AvgIpc) is 2.71. The van der Waals surface area contributed by atoms with Crippen LogP contribution in [0.5, 0.6) is 0 Å². The first-order chi connectivity index (χ1) is 13.2. The van der Waals surface area contributed by atoms with Crippen LogP contribution in [0.2, 0.25) is 0 Å². The Balaban J connectivity index is 1.38. The number of rotatable bonds is 4. The third kappa shape index (κ3) is 4.64. The normalized spacial score (nSPS) is 22.1. The van der Waals surface area contributed by atoms with Crippen molar-refractivity contribution >= 4 is 5.95 Å². The van der Waals surface area contributed by atoms with Gasteiger partial charge in [0.1, 0.15) is 0 Å². The van der Waals surface area contributed by atoms with E-state index >= 15 is 0 Å². The van der Waals surface area contributed by atoms with E-state index in [2.05, 4.69) is 62.9 Å². The van der Waals surface area contributed by atoms with Crippen LogP contribution in [0.25, 0.3) is 11.1 Å². The van der Waals surface area contributed by atoms with Crippen molar-refractivity contribution in [2.24, 2.45) is 0 Å². The number of benzene rings is 1. The summed E-state index contributed by atoms with van der Waals surface area (Å²) >= 11 is 0. The summed E-state index contributed by atoms with van der Waals surface area (Å²) in [6.45, 7) is 10.2. The number of aromatic nitrogens is 2. The molecule has 2 saturated heterocycles. The molecule has 1 aromatic carbocycles. The lowest BCUT2D eigenvalue weighted by atomic mass is 10.1. The molecule has 27 heavy (non-hydrogen) atoms. The molecule has 2 aliphatic heterocycles. The molecule has 2 aromatic rings. The lowest BCUT2D eigenvalue weighted by Gasteiger charge is -2.32. The van der Waals surface area contributed by atoms with E-state index in [0.29, 0.717) is 0 Å². The molecule has 1 aromatic heterocycles. The molecule has 0 amide bonds. The Kier molecular flexibility index (Phi) is 5.66. The molecule has 0 N–H and O–H groups in total. The monoisotopic (exact) mass is 367 g/mol. The van der Waals surface area contributed by atoms with E-state index in [4.69, 9.17) is 4.74 Å². The van der Waals surface area contributed by atoms with E-state index in [1.54, 1.807) is 0 Å². The van der Waals surface area contributed by atoms with E-state index < -0.39 is 0 Å². The van der Waals surface area contributed by atoms with Crippen LogP contribution < -0.4 is 4.90 Å². The molecule has 3 heterocycles. The fourth-order valence-corrected chi connectivity index (χ4v) is 3.70. The maximum atomic E-state index is 5.59. The number of hydrogen-bond donors (Lipinski definition) is 0. The number of likely N-dealkylation sites (N-methyl/N-ethyl adjacent to an activating group) is 1. The van der Waals surface area contributed by atoms with Crippen LogP contribution in [0.3, 0.4) is 0 Å². The number of piperazine rings is 1. The first-order valence-electron chi connectivity index (χ1n) is 9.86. The van der Waals surface area contributed by atoms with E-state index in [-0.39, 0.29) is 6.10 Å². The Labute approximate surface area is 161 Å². The van der Waals surface area contributed by atoms with Crippen molar-refractivity contribution in [3.05, 3.63) is 42.2 Å². The minimum Gasteiger partial charge on any atom is -0.375 e. The van der Waals surface area contributed by atoms with Crippen LogP contribution in [0.1, 0.15) is 12.5 Å². The van der Waals surface area contributed by atoms with Gasteiger partial charge in [-0.15, -0.1) is 0 Å². The van der Waals surface area contributed by atoms with Gasteiger partial charge in [0.25, 0.3) is 0 Å². The molecular weight excluding hydrogens is 338 g/mol. The molecule has 2 aliphatic rings. The highest BCUT2D eigenvalue weighted by atomic mass is 16.5. The van der Waals surface area contributed by atoms with Gasteiger partial charge < -0.3 is 14.5 Å². The highest BCUT2D eigenvalue weighted by Gasteiger charge is 2.19. The Hall–Kier alpha value is -2.02. The first-order valence-corrected chi connectivity index (χ1v) is 9.86. The number of anilines is 1. The third-order valence-electron chi connectivity index (χ3n) is 5.45. The standard InChI is InChI=1S/C21H29N5O/c1-17-15-26(11-12-27-17)21-22-13-20(14-23-21)19-5-3-18(4-6-19)16-25-9-7-24(2)8-10-25/h3-6,13-14,17H,7-12,15-16H2,1-2H3. The summed E-state index contributed by atoms with van der Waals surface area (Å²) in [5.74, 6) is 0.792. The van der Waals surface area contributed by atoms with Crippen LogP contribution in [0.4, 0.5) is 5.95 Å². The summed E-state index contributed by atoms with van der Waals surface area (Å²) in [6, 6.07) is 8.82. The van der Waals surface area contributed by atoms with Gasteiger partial charge in [-0.1, -0.05) is 24.3 Å². The Morgan fingerprint density at radius 2 is 1.67 bits per heavy atom. The van der Waals surface area contributed by atoms with Gasteiger partial charge in [0.2, 0.25) is 5.95 Å². The maximum Gasteiger partial charge on any atom is 0.225 e. The summed E-state index contributed by atoms with van der Waals surface area (Å²) < 4.78 is 5.59. The van der Waals surface area contributed by atoms with Crippen LogP contribution in [-0.4, -0.2) is 78.8 Å². The number of hydrogen-bond acceptors (Lipinski definition) is 6. The molecule has 6 nitrogen and oxygen atoms in total. The van der Waals surface area contributed by atoms with Gasteiger partial charge in [-0.3, -0.25) is 4.90 Å². The van der Waals surface area contributed by atoms with Gasteiger partial charge in [0.05, 0.1) is 12.7 Å². The Bertz CT molecular complexity index is 725. The molecule has 2 fully saturated rings. The molecule has 0 radical (unpaired) electrons. The third-order valence-corrected chi connectivity index (χ3v) is 5.45. The second-order valence-corrected chi connectivity index (χ2v) is 7.68. The van der Waals surface area contributed by atoms with Crippen molar-refractivity contribution < 1.29 is 4.74 Å². The average molecular weight is 367 g/mol. The van der Waals surface area contributed by atoms with Crippen molar-refractivity contribution in [3.63, 3.8) is 0 Å². The Morgan fingerprint density at radius 1 is 0.963 bits per heavy atom. The van der Waals surface area contributed by atoms with Crippen molar-refractivity contribution in [3.8, 4) is 11.1 Å². The lowest BCUT2D eigenvalue weighted by Crippen LogP contribution is -2.43. The molecule has 0 spiro atoms. The van der Waals surface area contributed by atoms with E-state index in [1.165, 1.54) is 11.1 Å². The van der Waals surface area contributed by atoms with Gasteiger partial charge in [0, 0.05) is 63.8 Å². The Morgan fingerprint density at radius 3 is 2.33 bits per heavy atom. The van der Waals surface area contributed by atoms with Gasteiger partial charge in [0.15, 0.2) is 0 Å². The van der Waals surface area contributed by atoms with Gasteiger partial charge in [-0.25, -0.2) is 9.97 Å². The molecule has 144 valence electrons. The van der Waals surface area contributed by atoms with Crippen molar-refractivity contribution in [2.45, 2.75) is 19.6 Å². The van der Waals surface area contributed by atoms with Crippen LogP contribution in [-0.2, 0) is 11.3 Å². The van der Waals surface area contributed by atoms with E-state index in [1.807, 2.05) is 12.4 Å². The second-order valence-electron chi connectivity index (χ2n) is 7.68. The fourth-order valence-electron chi connectivity index (χ4n) is 3.70. The zero-order chi connectivity index (χ0) is 18.6. The minimum atomic E-state index is 0.231. The molecule has 0 saturated carbocycles. The van der Waals surface area contributed by atoms with Crippen molar-refractivity contribution in [1.29, 1.82) is 0 Å². The van der Waals surface area contributed by atoms with E-state index in [0.717, 1.165) is 63.9 Å². The summed E-state index contributed by atoms with van der Waals surface area (Å²) in [7, 11) is 2.19. The van der Waals surface area contributed by atoms with E-state index in [9.17, 15) is 0 Å². The predicted molar refractivity (Wildman–Crippen MR) is 108 cm³/mol. The second kappa shape index (κ2) is 8.33.